The molecule has 0 aromatic carbocycles. The number of amides is 1. The highest BCUT2D eigenvalue weighted by molar-refractivity contribution is 5.80. The summed E-state index contributed by atoms with van der Waals surface area (Å²) in [6, 6.07) is 3.86. The number of hydrogen-bond donors (Lipinski definition) is 2. The second-order valence-corrected chi connectivity index (χ2v) is 6.85. The molecule has 1 saturated carbocycles. The zero-order valence-corrected chi connectivity index (χ0v) is 14.3. The largest absolute Gasteiger partial charge is 0.352 e. The average molecular weight is 327 g/mol. The average Bonchev–Trinajstić information content (AvgIpc) is 2.98. The molecule has 6 nitrogen and oxygen atoms in total. The zero-order chi connectivity index (χ0) is 17.2. The van der Waals surface area contributed by atoms with E-state index in [1.165, 1.54) is 0 Å². The number of carbonyl (C=O) groups is 1. The Morgan fingerprint density at radius 2 is 2.25 bits per heavy atom. The first-order valence-electron chi connectivity index (χ1n) is 8.50. The summed E-state index contributed by atoms with van der Waals surface area (Å²) in [5.74, 6) is 1.58. The highest BCUT2D eigenvalue weighted by atomic mass is 16.1. The fraction of sp³-hybridized carbons (Fsp3) is 0.500. The minimum atomic E-state index is -0.416. The third-order valence-electron chi connectivity index (χ3n) is 4.95. The Bertz CT molecular complexity index is 722. The molecular weight excluding hydrogens is 302 g/mol. The zero-order valence-electron chi connectivity index (χ0n) is 14.3. The molecule has 1 aliphatic rings. The Labute approximate surface area is 142 Å². The van der Waals surface area contributed by atoms with E-state index >= 15 is 0 Å². The number of nitrogens with zero attached hydrogens (tertiary/aromatic N) is 3. The lowest BCUT2D eigenvalue weighted by molar-refractivity contribution is -0.128. The van der Waals surface area contributed by atoms with Gasteiger partial charge in [0.1, 0.15) is 11.6 Å². The van der Waals surface area contributed by atoms with E-state index < -0.39 is 5.54 Å². The summed E-state index contributed by atoms with van der Waals surface area (Å²) in [4.78, 5) is 21.3. The molecule has 0 radical (unpaired) electrons. The minimum absolute atomic E-state index is 0.0388. The number of imidazole rings is 1. The number of hydrogen-bond acceptors (Lipinski definition) is 4. The summed E-state index contributed by atoms with van der Waals surface area (Å²) in [7, 11) is 0. The third-order valence-corrected chi connectivity index (χ3v) is 4.95. The van der Waals surface area contributed by atoms with Crippen LogP contribution in [-0.4, -0.2) is 26.0 Å². The van der Waals surface area contributed by atoms with Crippen LogP contribution in [0.3, 0.4) is 0 Å². The van der Waals surface area contributed by atoms with Crippen molar-refractivity contribution >= 4 is 5.91 Å². The first-order valence-corrected chi connectivity index (χ1v) is 8.50. The van der Waals surface area contributed by atoms with Gasteiger partial charge in [-0.15, -0.1) is 0 Å². The fourth-order valence-electron chi connectivity index (χ4n) is 3.48. The van der Waals surface area contributed by atoms with Gasteiger partial charge in [-0.05, 0) is 32.8 Å². The Morgan fingerprint density at radius 3 is 2.96 bits per heavy atom. The van der Waals surface area contributed by atoms with Crippen LogP contribution in [-0.2, 0) is 11.3 Å². The van der Waals surface area contributed by atoms with Crippen LogP contribution in [0, 0.1) is 12.8 Å². The number of nitrogens with two attached hydrogens (primary N) is 1. The molecule has 1 amide bonds. The normalized spacial score (nSPS) is 23.9. The van der Waals surface area contributed by atoms with Crippen molar-refractivity contribution in [1.29, 1.82) is 0 Å². The van der Waals surface area contributed by atoms with Gasteiger partial charge in [-0.3, -0.25) is 9.36 Å². The number of pyridine rings is 1. The van der Waals surface area contributed by atoms with Gasteiger partial charge < -0.3 is 11.1 Å². The molecule has 2 unspecified atom stereocenters. The second-order valence-electron chi connectivity index (χ2n) is 6.85. The van der Waals surface area contributed by atoms with Crippen LogP contribution in [0.25, 0.3) is 5.82 Å². The van der Waals surface area contributed by atoms with Crippen molar-refractivity contribution in [2.45, 2.75) is 51.6 Å². The Hall–Kier alpha value is -2.21. The fourth-order valence-corrected chi connectivity index (χ4v) is 3.48. The van der Waals surface area contributed by atoms with Crippen molar-refractivity contribution in [2.75, 3.05) is 0 Å². The van der Waals surface area contributed by atoms with Gasteiger partial charge in [0.2, 0.25) is 5.91 Å². The van der Waals surface area contributed by atoms with Crippen LogP contribution >= 0.6 is 0 Å². The molecule has 2 aromatic heterocycles. The first kappa shape index (κ1) is 16.6. The summed E-state index contributed by atoms with van der Waals surface area (Å²) in [5, 5.41) is 3.05. The molecule has 3 N–H and O–H groups in total. The molecule has 2 heterocycles. The van der Waals surface area contributed by atoms with Gasteiger partial charge in [0.15, 0.2) is 0 Å². The van der Waals surface area contributed by atoms with Crippen LogP contribution in [0.5, 0.6) is 0 Å². The molecule has 0 aliphatic heterocycles. The van der Waals surface area contributed by atoms with Crippen molar-refractivity contribution in [1.82, 2.24) is 19.9 Å². The van der Waals surface area contributed by atoms with Crippen LogP contribution in [0.15, 0.2) is 30.7 Å². The van der Waals surface area contributed by atoms with E-state index in [1.807, 2.05) is 36.7 Å². The van der Waals surface area contributed by atoms with Crippen LogP contribution in [0.1, 0.15) is 44.0 Å². The third kappa shape index (κ3) is 3.33. The van der Waals surface area contributed by atoms with Gasteiger partial charge >= 0.3 is 0 Å². The number of nitrogens with one attached hydrogen (secondary N) is 1. The van der Waals surface area contributed by atoms with Crippen molar-refractivity contribution in [2.24, 2.45) is 11.7 Å². The predicted octanol–water partition coefficient (Wildman–Crippen LogP) is 2.10. The summed E-state index contributed by atoms with van der Waals surface area (Å²) in [6.45, 7) is 4.35. The van der Waals surface area contributed by atoms with E-state index in [0.29, 0.717) is 6.54 Å². The molecule has 1 aliphatic carbocycles. The second kappa shape index (κ2) is 6.73. The van der Waals surface area contributed by atoms with Crippen molar-refractivity contribution in [3.8, 4) is 5.82 Å². The van der Waals surface area contributed by atoms with Gasteiger partial charge in [-0.25, -0.2) is 9.97 Å². The monoisotopic (exact) mass is 327 g/mol. The molecule has 0 saturated heterocycles. The van der Waals surface area contributed by atoms with Crippen LogP contribution < -0.4 is 11.1 Å². The van der Waals surface area contributed by atoms with Gasteiger partial charge in [0.25, 0.3) is 0 Å². The molecule has 6 heteroatoms. The lowest BCUT2D eigenvalue weighted by Crippen LogP contribution is -2.52. The van der Waals surface area contributed by atoms with E-state index in [1.54, 1.807) is 12.4 Å². The molecule has 3 rings (SSSR count). The lowest BCUT2D eigenvalue weighted by Gasteiger charge is -2.37. The molecule has 2 aromatic rings. The predicted molar refractivity (Wildman–Crippen MR) is 92.5 cm³/mol. The summed E-state index contributed by atoms with van der Waals surface area (Å²) in [6.07, 6.45) is 9.30. The van der Waals surface area contributed by atoms with Gasteiger partial charge in [0.05, 0.1) is 5.92 Å². The summed E-state index contributed by atoms with van der Waals surface area (Å²) in [5.41, 5.74) is 6.88. The van der Waals surface area contributed by atoms with Crippen molar-refractivity contribution in [3.05, 3.63) is 42.1 Å². The van der Waals surface area contributed by atoms with E-state index in [4.69, 9.17) is 5.73 Å². The topological polar surface area (TPSA) is 85.8 Å². The molecule has 1 fully saturated rings. The van der Waals surface area contributed by atoms with E-state index in [-0.39, 0.29) is 11.8 Å². The number of rotatable bonds is 4. The Balaban J connectivity index is 1.73. The van der Waals surface area contributed by atoms with E-state index in [0.717, 1.165) is 42.9 Å². The Morgan fingerprint density at radius 1 is 1.42 bits per heavy atom. The standard InChI is InChI=1S/C18H25N5O/c1-13-20-10-11-23(13)16-14(6-5-9-21-16)12-22-17(24)15-7-3-4-8-18(15,2)19/h5-6,9-11,15H,3-4,7-8,12,19H2,1-2H3,(H,22,24). The maximum Gasteiger partial charge on any atom is 0.225 e. The van der Waals surface area contributed by atoms with E-state index in [9.17, 15) is 4.79 Å². The molecule has 24 heavy (non-hydrogen) atoms. The quantitative estimate of drug-likeness (QED) is 0.900. The highest BCUT2D eigenvalue weighted by Gasteiger charge is 2.37. The van der Waals surface area contributed by atoms with Gasteiger partial charge in [-0.1, -0.05) is 18.9 Å². The molecule has 0 spiro atoms. The smallest absolute Gasteiger partial charge is 0.225 e. The van der Waals surface area contributed by atoms with E-state index in [2.05, 4.69) is 15.3 Å². The highest BCUT2D eigenvalue weighted by Crippen LogP contribution is 2.31. The lowest BCUT2D eigenvalue weighted by atomic mass is 9.74. The van der Waals surface area contributed by atoms with Crippen LogP contribution in [0.4, 0.5) is 0 Å². The molecular formula is C18H25N5O. The maximum absolute atomic E-state index is 12.6. The van der Waals surface area contributed by atoms with Crippen molar-refractivity contribution in [3.63, 3.8) is 0 Å². The molecule has 128 valence electrons. The number of carbonyl (C=O) groups excluding carboxylic acids is 1. The SMILES string of the molecule is Cc1nccn1-c1ncccc1CNC(=O)C1CCCCC1(C)N. The van der Waals surface area contributed by atoms with Crippen LogP contribution in [0.2, 0.25) is 0 Å². The minimum Gasteiger partial charge on any atom is -0.352 e. The van der Waals surface area contributed by atoms with Gasteiger partial charge in [0, 0.05) is 36.2 Å². The number of aromatic nitrogens is 3. The van der Waals surface area contributed by atoms with Gasteiger partial charge in [-0.2, -0.15) is 0 Å². The van der Waals surface area contributed by atoms with Crippen molar-refractivity contribution < 1.29 is 4.79 Å². The Kier molecular flexibility index (Phi) is 4.66. The number of aryl methyl sites for hydroxylation is 1. The summed E-state index contributed by atoms with van der Waals surface area (Å²) >= 11 is 0. The first-order chi connectivity index (χ1) is 11.5. The maximum atomic E-state index is 12.6. The molecule has 0 bridgehead atoms. The summed E-state index contributed by atoms with van der Waals surface area (Å²) < 4.78 is 1.93. The molecule has 2 atom stereocenters.